The Balaban J connectivity index is 1.88. The van der Waals surface area contributed by atoms with E-state index in [1.54, 1.807) is 12.5 Å². The summed E-state index contributed by atoms with van der Waals surface area (Å²) in [6.45, 7) is 1.14. The average molecular weight is 228 g/mol. The number of hydrogen-bond donors (Lipinski definition) is 1. The zero-order chi connectivity index (χ0) is 11.5. The van der Waals surface area contributed by atoms with Crippen LogP contribution in [0, 0.1) is 0 Å². The van der Waals surface area contributed by atoms with Gasteiger partial charge in [-0.1, -0.05) is 18.2 Å². The molecule has 1 aromatic heterocycles. The highest BCUT2D eigenvalue weighted by Crippen LogP contribution is 2.24. The van der Waals surface area contributed by atoms with E-state index in [0.717, 1.165) is 24.4 Å². The van der Waals surface area contributed by atoms with Crippen LogP contribution < -0.4 is 5.32 Å². The van der Waals surface area contributed by atoms with Crippen molar-refractivity contribution in [1.29, 1.82) is 0 Å². The first-order valence-corrected chi connectivity index (χ1v) is 6.14. The lowest BCUT2D eigenvalue weighted by molar-refractivity contribution is 0.570. The Morgan fingerprint density at radius 2 is 2.29 bits per heavy atom. The molecule has 0 amide bonds. The third-order valence-electron chi connectivity index (χ3n) is 3.31. The zero-order valence-corrected chi connectivity index (χ0v) is 9.73. The second-order valence-corrected chi connectivity index (χ2v) is 4.49. The minimum Gasteiger partial charge on any atom is -0.445 e. The molecule has 1 atom stereocenters. The fraction of sp³-hybridized carbons (Fsp3) is 0.357. The van der Waals surface area contributed by atoms with E-state index in [-0.39, 0.29) is 0 Å². The van der Waals surface area contributed by atoms with Crippen molar-refractivity contribution in [2.45, 2.75) is 25.3 Å². The minimum atomic E-state index is 0.603. The van der Waals surface area contributed by atoms with Gasteiger partial charge in [-0.3, -0.25) is 0 Å². The van der Waals surface area contributed by atoms with Gasteiger partial charge in [-0.25, -0.2) is 4.98 Å². The van der Waals surface area contributed by atoms with E-state index in [1.165, 1.54) is 18.4 Å². The normalized spacial score (nSPS) is 19.6. The molecule has 3 heteroatoms. The minimum absolute atomic E-state index is 0.603. The van der Waals surface area contributed by atoms with Crippen LogP contribution in [0.4, 0.5) is 0 Å². The first-order chi connectivity index (χ1) is 8.43. The largest absolute Gasteiger partial charge is 0.445 e. The van der Waals surface area contributed by atoms with Crippen molar-refractivity contribution in [3.8, 4) is 11.5 Å². The van der Waals surface area contributed by atoms with E-state index in [9.17, 15) is 0 Å². The molecule has 0 saturated carbocycles. The van der Waals surface area contributed by atoms with E-state index in [0.29, 0.717) is 6.04 Å². The van der Waals surface area contributed by atoms with Gasteiger partial charge in [0.2, 0.25) is 5.89 Å². The highest BCUT2D eigenvalue weighted by atomic mass is 16.3. The Labute approximate surface area is 101 Å². The maximum absolute atomic E-state index is 5.39. The Hall–Kier alpha value is -1.61. The Kier molecular flexibility index (Phi) is 2.92. The van der Waals surface area contributed by atoms with Crippen LogP contribution in [0.3, 0.4) is 0 Å². The molecule has 0 spiro atoms. The maximum Gasteiger partial charge on any atom is 0.226 e. The summed E-state index contributed by atoms with van der Waals surface area (Å²) in [4.78, 5) is 4.23. The summed E-state index contributed by atoms with van der Waals surface area (Å²) in [5, 5.41) is 3.53. The van der Waals surface area contributed by atoms with Crippen molar-refractivity contribution in [2.75, 3.05) is 6.54 Å². The molecule has 0 bridgehead atoms. The lowest BCUT2D eigenvalue weighted by Gasteiger charge is -2.12. The molecule has 1 aliphatic rings. The molecule has 3 rings (SSSR count). The van der Waals surface area contributed by atoms with Crippen LogP contribution in [0.15, 0.2) is 41.1 Å². The van der Waals surface area contributed by atoms with Crippen molar-refractivity contribution >= 4 is 0 Å². The van der Waals surface area contributed by atoms with Gasteiger partial charge >= 0.3 is 0 Å². The molecular formula is C14H16N2O. The molecule has 17 heavy (non-hydrogen) atoms. The summed E-state index contributed by atoms with van der Waals surface area (Å²) in [6, 6.07) is 8.96. The molecule has 0 aliphatic carbocycles. The van der Waals surface area contributed by atoms with Crippen molar-refractivity contribution in [2.24, 2.45) is 0 Å². The van der Waals surface area contributed by atoms with E-state index in [4.69, 9.17) is 4.42 Å². The molecule has 1 unspecified atom stereocenters. The van der Waals surface area contributed by atoms with Gasteiger partial charge in [-0.2, -0.15) is 0 Å². The van der Waals surface area contributed by atoms with Crippen molar-refractivity contribution < 1.29 is 4.42 Å². The van der Waals surface area contributed by atoms with Gasteiger partial charge < -0.3 is 9.73 Å². The molecule has 1 N–H and O–H groups in total. The smallest absolute Gasteiger partial charge is 0.226 e. The van der Waals surface area contributed by atoms with Crippen LogP contribution >= 0.6 is 0 Å². The monoisotopic (exact) mass is 228 g/mol. The molecule has 1 fully saturated rings. The molecule has 88 valence electrons. The Morgan fingerprint density at radius 3 is 3.06 bits per heavy atom. The van der Waals surface area contributed by atoms with Crippen LogP contribution in [0.25, 0.3) is 11.5 Å². The van der Waals surface area contributed by atoms with Gasteiger partial charge in [0.05, 0.1) is 6.20 Å². The van der Waals surface area contributed by atoms with E-state index in [2.05, 4.69) is 28.5 Å². The lowest BCUT2D eigenvalue weighted by atomic mass is 9.99. The number of oxazole rings is 1. The predicted octanol–water partition coefficient (Wildman–Crippen LogP) is 2.64. The number of rotatable bonds is 3. The van der Waals surface area contributed by atoms with Crippen LogP contribution in [0.2, 0.25) is 0 Å². The van der Waals surface area contributed by atoms with Gasteiger partial charge in [0.15, 0.2) is 0 Å². The standard InChI is InChI=1S/C14H16N2O/c1-2-6-13(14-16-8-9-17-14)11(4-1)10-12-5-3-7-15-12/h1-2,4,6,8-9,12,15H,3,5,7,10H2. The molecule has 0 radical (unpaired) electrons. The Morgan fingerprint density at radius 1 is 1.35 bits per heavy atom. The summed E-state index contributed by atoms with van der Waals surface area (Å²) in [7, 11) is 0. The SMILES string of the molecule is c1ccc(-c2ncco2)c(CC2CCCN2)c1. The number of nitrogens with one attached hydrogen (secondary N) is 1. The van der Waals surface area contributed by atoms with Gasteiger partial charge in [0, 0.05) is 11.6 Å². The third-order valence-corrected chi connectivity index (χ3v) is 3.31. The molecule has 2 heterocycles. The van der Waals surface area contributed by atoms with E-state index < -0.39 is 0 Å². The summed E-state index contributed by atoms with van der Waals surface area (Å²) in [5.41, 5.74) is 2.43. The molecular weight excluding hydrogens is 212 g/mol. The van der Waals surface area contributed by atoms with Gasteiger partial charge in [-0.15, -0.1) is 0 Å². The lowest BCUT2D eigenvalue weighted by Crippen LogP contribution is -2.23. The quantitative estimate of drug-likeness (QED) is 0.877. The predicted molar refractivity (Wildman–Crippen MR) is 66.7 cm³/mol. The van der Waals surface area contributed by atoms with Crippen LogP contribution in [-0.4, -0.2) is 17.6 Å². The average Bonchev–Trinajstić information content (AvgIpc) is 3.01. The third kappa shape index (κ3) is 2.24. The van der Waals surface area contributed by atoms with Gasteiger partial charge in [0.25, 0.3) is 0 Å². The second-order valence-electron chi connectivity index (χ2n) is 4.49. The van der Waals surface area contributed by atoms with Gasteiger partial charge in [-0.05, 0) is 37.4 Å². The van der Waals surface area contributed by atoms with Gasteiger partial charge in [0.1, 0.15) is 6.26 Å². The number of aromatic nitrogens is 1. The first-order valence-electron chi connectivity index (χ1n) is 6.14. The molecule has 1 aliphatic heterocycles. The van der Waals surface area contributed by atoms with E-state index in [1.807, 2.05) is 6.07 Å². The summed E-state index contributed by atoms with van der Waals surface area (Å²) in [5.74, 6) is 0.721. The zero-order valence-electron chi connectivity index (χ0n) is 9.73. The molecule has 1 aromatic carbocycles. The molecule has 1 saturated heterocycles. The van der Waals surface area contributed by atoms with Crippen LogP contribution in [0.1, 0.15) is 18.4 Å². The first kappa shape index (κ1) is 10.5. The summed E-state index contributed by atoms with van der Waals surface area (Å²) >= 11 is 0. The molecule has 2 aromatic rings. The highest BCUT2D eigenvalue weighted by Gasteiger charge is 2.17. The van der Waals surface area contributed by atoms with Crippen molar-refractivity contribution in [3.63, 3.8) is 0 Å². The topological polar surface area (TPSA) is 38.1 Å². The van der Waals surface area contributed by atoms with Crippen LogP contribution in [0.5, 0.6) is 0 Å². The van der Waals surface area contributed by atoms with Crippen molar-refractivity contribution in [1.82, 2.24) is 10.3 Å². The van der Waals surface area contributed by atoms with E-state index >= 15 is 0 Å². The van der Waals surface area contributed by atoms with Crippen LogP contribution in [-0.2, 0) is 6.42 Å². The number of hydrogen-bond acceptors (Lipinski definition) is 3. The fourth-order valence-corrected chi connectivity index (χ4v) is 2.46. The number of nitrogens with zero attached hydrogens (tertiary/aromatic N) is 1. The summed E-state index contributed by atoms with van der Waals surface area (Å²) < 4.78 is 5.39. The Bertz CT molecular complexity index is 473. The second kappa shape index (κ2) is 4.72. The fourth-order valence-electron chi connectivity index (χ4n) is 2.46. The maximum atomic E-state index is 5.39. The summed E-state index contributed by atoms with van der Waals surface area (Å²) in [6.07, 6.45) is 6.92. The highest BCUT2D eigenvalue weighted by molar-refractivity contribution is 5.58. The molecule has 3 nitrogen and oxygen atoms in total. The van der Waals surface area contributed by atoms with Crippen molar-refractivity contribution in [3.05, 3.63) is 42.3 Å². The number of benzene rings is 1.